The monoisotopic (exact) mass is 412 g/mol. The normalized spacial score (nSPS) is 10.8. The molecule has 0 aliphatic heterocycles. The van der Waals surface area contributed by atoms with E-state index in [2.05, 4.69) is 10.5 Å². The largest absolute Gasteiger partial charge is 0.493 e. The van der Waals surface area contributed by atoms with Gasteiger partial charge in [-0.2, -0.15) is 5.10 Å². The molecule has 0 saturated heterocycles. The smallest absolute Gasteiger partial charge is 0.335 e. The number of aromatic amines is 1. The lowest BCUT2D eigenvalue weighted by molar-refractivity contribution is -0.393. The molecule has 0 unspecified atom stereocenters. The Hall–Kier alpha value is -4.81. The number of aromatic nitrogens is 2. The van der Waals surface area contributed by atoms with Crippen LogP contribution in [0.15, 0.2) is 63.2 Å². The molecule has 13 nitrogen and oxygen atoms in total. The molecule has 0 amide bonds. The number of aromatic hydroxyl groups is 1. The number of anilines is 1. The number of hydrogen-bond acceptors (Lipinski definition) is 9. The molecule has 0 saturated carbocycles. The predicted molar refractivity (Wildman–Crippen MR) is 105 cm³/mol. The van der Waals surface area contributed by atoms with E-state index in [1.54, 1.807) is 18.2 Å². The fourth-order valence-corrected chi connectivity index (χ4v) is 2.52. The van der Waals surface area contributed by atoms with Gasteiger partial charge >= 0.3 is 11.4 Å². The molecule has 30 heavy (non-hydrogen) atoms. The van der Waals surface area contributed by atoms with E-state index in [0.717, 1.165) is 29.0 Å². The van der Waals surface area contributed by atoms with E-state index in [0.29, 0.717) is 0 Å². The summed E-state index contributed by atoms with van der Waals surface area (Å²) in [5.41, 5.74) is -0.920. The van der Waals surface area contributed by atoms with Crippen molar-refractivity contribution in [3.63, 3.8) is 0 Å². The van der Waals surface area contributed by atoms with Crippen LogP contribution < -0.4 is 16.7 Å². The number of benzene rings is 2. The van der Waals surface area contributed by atoms with Gasteiger partial charge in [-0.15, -0.1) is 0 Å². The number of rotatable bonds is 6. The lowest BCUT2D eigenvalue weighted by atomic mass is 10.2. The van der Waals surface area contributed by atoms with Crippen molar-refractivity contribution in [2.75, 3.05) is 5.43 Å². The second kappa shape index (κ2) is 8.05. The van der Waals surface area contributed by atoms with Crippen molar-refractivity contribution in [2.24, 2.45) is 5.10 Å². The van der Waals surface area contributed by atoms with Crippen molar-refractivity contribution in [1.82, 2.24) is 9.55 Å². The average molecular weight is 412 g/mol. The zero-order valence-electron chi connectivity index (χ0n) is 14.9. The number of hydrazone groups is 1. The van der Waals surface area contributed by atoms with Gasteiger partial charge in [-0.05, 0) is 18.2 Å². The number of para-hydroxylation sites is 1. The maximum absolute atomic E-state index is 12.1. The second-order valence-electron chi connectivity index (χ2n) is 5.75. The minimum atomic E-state index is -0.937. The van der Waals surface area contributed by atoms with Crippen molar-refractivity contribution < 1.29 is 15.0 Å². The summed E-state index contributed by atoms with van der Waals surface area (Å²) in [6, 6.07) is 10.8. The molecule has 0 bridgehead atoms. The van der Waals surface area contributed by atoms with Crippen LogP contribution in [-0.2, 0) is 0 Å². The van der Waals surface area contributed by atoms with Crippen LogP contribution in [0.4, 0.5) is 17.1 Å². The molecule has 3 aromatic rings. The van der Waals surface area contributed by atoms with Gasteiger partial charge < -0.3 is 5.11 Å². The third-order valence-electron chi connectivity index (χ3n) is 3.90. The summed E-state index contributed by atoms with van der Waals surface area (Å²) in [5.74, 6) is -0.696. The fraction of sp³-hybridized carbons (Fsp3) is 0. The van der Waals surface area contributed by atoms with Crippen LogP contribution >= 0.6 is 0 Å². The molecule has 0 aliphatic rings. The van der Waals surface area contributed by atoms with Gasteiger partial charge in [0.25, 0.3) is 11.2 Å². The van der Waals surface area contributed by atoms with Crippen LogP contribution in [0.2, 0.25) is 0 Å². The van der Waals surface area contributed by atoms with Gasteiger partial charge in [0, 0.05) is 6.07 Å². The van der Waals surface area contributed by atoms with Gasteiger partial charge in [0.1, 0.15) is 11.3 Å². The molecule has 0 fully saturated rings. The highest BCUT2D eigenvalue weighted by Gasteiger charge is 2.19. The molecule has 0 radical (unpaired) electrons. The third kappa shape index (κ3) is 3.89. The standard InChI is InChI=1S/C17H12N6O7/c24-15-12(16(25)21(17(26)19-15)10-4-2-1-3-5-10)9-18-20-13-7-6-11(22(27)28)8-14(13)23(29)30/h1-9,20,25H,(H,19,24,26)/b18-9+. The van der Waals surface area contributed by atoms with Crippen molar-refractivity contribution >= 4 is 23.3 Å². The quantitative estimate of drug-likeness (QED) is 0.308. The molecule has 1 heterocycles. The first-order valence-electron chi connectivity index (χ1n) is 8.15. The number of nitrogens with zero attached hydrogens (tertiary/aromatic N) is 4. The lowest BCUT2D eigenvalue weighted by Crippen LogP contribution is -2.31. The Morgan fingerprint density at radius 3 is 2.40 bits per heavy atom. The van der Waals surface area contributed by atoms with Gasteiger partial charge in [-0.25, -0.2) is 9.36 Å². The minimum absolute atomic E-state index is 0.186. The first kappa shape index (κ1) is 19.9. The van der Waals surface area contributed by atoms with Crippen molar-refractivity contribution in [3.05, 3.63) is 95.2 Å². The number of non-ortho nitro benzene ring substituents is 1. The number of hydrogen-bond donors (Lipinski definition) is 3. The summed E-state index contributed by atoms with van der Waals surface area (Å²) >= 11 is 0. The first-order chi connectivity index (χ1) is 14.3. The van der Waals surface area contributed by atoms with Crippen LogP contribution in [0.25, 0.3) is 5.69 Å². The SMILES string of the molecule is O=c1[nH]c(=O)n(-c2ccccc2)c(O)c1/C=N/Nc1ccc([N+](=O)[O-])cc1[N+](=O)[O-]. The summed E-state index contributed by atoms with van der Waals surface area (Å²) in [5, 5.41) is 36.0. The summed E-state index contributed by atoms with van der Waals surface area (Å²) in [6.07, 6.45) is 0.859. The average Bonchev–Trinajstić information content (AvgIpc) is 2.70. The van der Waals surface area contributed by atoms with Gasteiger partial charge in [0.15, 0.2) is 0 Å². The Balaban J connectivity index is 1.98. The highest BCUT2D eigenvalue weighted by atomic mass is 16.6. The Morgan fingerprint density at radius 2 is 1.77 bits per heavy atom. The Bertz CT molecular complexity index is 1280. The molecule has 0 spiro atoms. The molecule has 3 rings (SSSR count). The van der Waals surface area contributed by atoms with Crippen molar-refractivity contribution in [3.8, 4) is 11.6 Å². The van der Waals surface area contributed by atoms with Crippen LogP contribution in [-0.4, -0.2) is 30.7 Å². The number of nitro benzene ring substituents is 2. The molecule has 0 atom stereocenters. The van der Waals surface area contributed by atoms with Gasteiger partial charge in [-0.1, -0.05) is 18.2 Å². The third-order valence-corrected chi connectivity index (χ3v) is 3.90. The summed E-state index contributed by atoms with van der Waals surface area (Å²) < 4.78 is 0.844. The molecule has 152 valence electrons. The van der Waals surface area contributed by atoms with Gasteiger partial charge in [0.2, 0.25) is 5.88 Å². The molecular weight excluding hydrogens is 400 g/mol. The number of nitro groups is 2. The van der Waals surface area contributed by atoms with Gasteiger partial charge in [0.05, 0.1) is 27.8 Å². The van der Waals surface area contributed by atoms with Crippen LogP contribution in [0.5, 0.6) is 5.88 Å². The Morgan fingerprint density at radius 1 is 1.07 bits per heavy atom. The van der Waals surface area contributed by atoms with Gasteiger partial charge in [-0.3, -0.25) is 35.4 Å². The predicted octanol–water partition coefficient (Wildman–Crippen LogP) is 1.49. The van der Waals surface area contributed by atoms with Crippen LogP contribution in [0.1, 0.15) is 5.56 Å². The molecule has 13 heteroatoms. The fourth-order valence-electron chi connectivity index (χ4n) is 2.52. The number of nitrogens with one attached hydrogen (secondary N) is 2. The minimum Gasteiger partial charge on any atom is -0.493 e. The highest BCUT2D eigenvalue weighted by molar-refractivity contribution is 5.83. The van der Waals surface area contributed by atoms with E-state index in [1.165, 1.54) is 12.1 Å². The summed E-state index contributed by atoms with van der Waals surface area (Å²) in [6.45, 7) is 0. The van der Waals surface area contributed by atoms with Crippen LogP contribution in [0, 0.1) is 20.2 Å². The van der Waals surface area contributed by atoms with Crippen LogP contribution in [0.3, 0.4) is 0 Å². The lowest BCUT2D eigenvalue weighted by Gasteiger charge is -2.09. The highest BCUT2D eigenvalue weighted by Crippen LogP contribution is 2.28. The molecule has 0 aliphatic carbocycles. The maximum Gasteiger partial charge on any atom is 0.335 e. The van der Waals surface area contributed by atoms with Crippen molar-refractivity contribution in [1.29, 1.82) is 0 Å². The zero-order valence-corrected chi connectivity index (χ0v) is 14.9. The van der Waals surface area contributed by atoms with Crippen molar-refractivity contribution in [2.45, 2.75) is 0 Å². The molecule has 2 aromatic carbocycles. The molecular formula is C17H12N6O7. The topological polar surface area (TPSA) is 186 Å². The summed E-state index contributed by atoms with van der Waals surface area (Å²) in [4.78, 5) is 46.4. The van der Waals surface area contributed by atoms with E-state index in [-0.39, 0.29) is 11.4 Å². The van der Waals surface area contributed by atoms with E-state index >= 15 is 0 Å². The molecule has 3 N–H and O–H groups in total. The maximum atomic E-state index is 12.1. The Labute approximate surface area is 165 Å². The van der Waals surface area contributed by atoms with E-state index in [1.807, 2.05) is 4.98 Å². The first-order valence-corrected chi connectivity index (χ1v) is 8.15. The van der Waals surface area contributed by atoms with E-state index in [9.17, 15) is 34.9 Å². The second-order valence-corrected chi connectivity index (χ2v) is 5.75. The molecule has 1 aromatic heterocycles. The van der Waals surface area contributed by atoms with E-state index < -0.39 is 43.9 Å². The summed E-state index contributed by atoms with van der Waals surface area (Å²) in [7, 11) is 0. The zero-order chi connectivity index (χ0) is 21.8. The number of H-pyrrole nitrogens is 1. The van der Waals surface area contributed by atoms with E-state index in [4.69, 9.17) is 0 Å². The Kier molecular flexibility index (Phi) is 5.35.